The van der Waals surface area contributed by atoms with Gasteiger partial charge in [0.2, 0.25) is 17.8 Å². The molecule has 1 fully saturated rings. The van der Waals surface area contributed by atoms with Gasteiger partial charge in [-0.2, -0.15) is 0 Å². The highest BCUT2D eigenvalue weighted by molar-refractivity contribution is 6.07. The number of aliphatic imine (C=N–C) groups is 1. The smallest absolute Gasteiger partial charge is 0.249 e. The largest absolute Gasteiger partial charge is 0.349 e. The van der Waals surface area contributed by atoms with E-state index in [0.717, 1.165) is 11.3 Å². The van der Waals surface area contributed by atoms with Crippen molar-refractivity contribution in [3.05, 3.63) is 29.8 Å². The quantitative estimate of drug-likeness (QED) is 0.755. The van der Waals surface area contributed by atoms with Gasteiger partial charge >= 0.3 is 0 Å². The van der Waals surface area contributed by atoms with Gasteiger partial charge < -0.3 is 9.80 Å². The number of fused-ring (bicyclic) bond motifs is 1. The number of nitrogens with one attached hydrogen (secondary N) is 1. The van der Waals surface area contributed by atoms with Crippen LogP contribution in [0.3, 0.4) is 0 Å². The summed E-state index contributed by atoms with van der Waals surface area (Å²) < 4.78 is 0. The van der Waals surface area contributed by atoms with Crippen LogP contribution in [-0.2, 0) is 16.1 Å². The predicted octanol–water partition coefficient (Wildman–Crippen LogP) is 0.466. The molecular formula is C14H16N4O2. The van der Waals surface area contributed by atoms with Crippen LogP contribution in [-0.4, -0.2) is 47.7 Å². The van der Waals surface area contributed by atoms with Crippen molar-refractivity contribution in [3.8, 4) is 0 Å². The molecule has 6 heteroatoms. The molecule has 0 bridgehead atoms. The third kappa shape index (κ3) is 2.03. The first-order valence-corrected chi connectivity index (χ1v) is 6.50. The van der Waals surface area contributed by atoms with E-state index < -0.39 is 6.04 Å². The zero-order chi connectivity index (χ0) is 14.3. The molecule has 2 aliphatic rings. The number of amides is 2. The minimum Gasteiger partial charge on any atom is -0.349 e. The van der Waals surface area contributed by atoms with Crippen LogP contribution in [0.15, 0.2) is 29.3 Å². The average molecular weight is 272 g/mol. The Morgan fingerprint density at radius 3 is 2.70 bits per heavy atom. The second-order valence-corrected chi connectivity index (χ2v) is 5.20. The molecule has 0 saturated carbocycles. The number of carbonyl (C=O) groups excluding carboxylic acids is 2. The number of nitrogens with zero attached hydrogens (tertiary/aromatic N) is 3. The monoisotopic (exact) mass is 272 g/mol. The van der Waals surface area contributed by atoms with Crippen LogP contribution >= 0.6 is 0 Å². The number of benzene rings is 1. The summed E-state index contributed by atoms with van der Waals surface area (Å²) in [6, 6.07) is 7.37. The Hall–Kier alpha value is -2.37. The summed E-state index contributed by atoms with van der Waals surface area (Å²) in [5, 5.41) is 2.35. The molecule has 2 aliphatic heterocycles. The van der Waals surface area contributed by atoms with Gasteiger partial charge in [0.25, 0.3) is 0 Å². The molecule has 1 atom stereocenters. The summed E-state index contributed by atoms with van der Waals surface area (Å²) in [6.07, 6.45) is 0.188. The molecule has 0 radical (unpaired) electrons. The normalized spacial score (nSPS) is 21.4. The molecule has 0 spiro atoms. The average Bonchev–Trinajstić information content (AvgIpc) is 2.76. The van der Waals surface area contributed by atoms with Crippen LogP contribution < -0.4 is 5.32 Å². The maximum Gasteiger partial charge on any atom is 0.249 e. The number of para-hydroxylation sites is 1. The Bertz CT molecular complexity index is 609. The molecule has 1 N–H and O–H groups in total. The molecule has 20 heavy (non-hydrogen) atoms. The molecule has 1 unspecified atom stereocenters. The van der Waals surface area contributed by atoms with Gasteiger partial charge in [0.15, 0.2) is 0 Å². The summed E-state index contributed by atoms with van der Waals surface area (Å²) in [7, 11) is 3.77. The summed E-state index contributed by atoms with van der Waals surface area (Å²) in [4.78, 5) is 31.7. The van der Waals surface area contributed by atoms with E-state index in [1.54, 1.807) is 0 Å². The zero-order valence-corrected chi connectivity index (χ0v) is 11.5. The van der Waals surface area contributed by atoms with Crippen molar-refractivity contribution in [1.82, 2.24) is 15.1 Å². The molecule has 0 aromatic heterocycles. The van der Waals surface area contributed by atoms with Gasteiger partial charge in [-0.1, -0.05) is 18.2 Å². The minimum absolute atomic E-state index is 0.188. The van der Waals surface area contributed by atoms with Gasteiger partial charge in [-0.25, -0.2) is 4.99 Å². The third-order valence-corrected chi connectivity index (χ3v) is 3.53. The Morgan fingerprint density at radius 2 is 2.05 bits per heavy atom. The topological polar surface area (TPSA) is 65.0 Å². The van der Waals surface area contributed by atoms with Crippen molar-refractivity contribution in [3.63, 3.8) is 0 Å². The van der Waals surface area contributed by atoms with Crippen molar-refractivity contribution in [2.75, 3.05) is 14.1 Å². The molecule has 2 amide bonds. The van der Waals surface area contributed by atoms with Crippen LogP contribution in [0.4, 0.5) is 5.69 Å². The van der Waals surface area contributed by atoms with E-state index >= 15 is 0 Å². The second-order valence-electron chi connectivity index (χ2n) is 5.20. The Morgan fingerprint density at radius 1 is 1.30 bits per heavy atom. The van der Waals surface area contributed by atoms with Crippen molar-refractivity contribution < 1.29 is 9.59 Å². The highest BCUT2D eigenvalue weighted by Gasteiger charge is 2.38. The standard InChI is InChI=1S/C14H16N4O2/c1-17(2)14-15-10-6-4-3-5-9(10)8-18(14)11-7-12(19)16-13(11)20/h3-6,11H,7-8H2,1-2H3,(H,16,19,20). The Balaban J connectivity index is 2.00. The van der Waals surface area contributed by atoms with Crippen molar-refractivity contribution in [2.45, 2.75) is 19.0 Å². The van der Waals surface area contributed by atoms with E-state index in [4.69, 9.17) is 0 Å². The van der Waals surface area contributed by atoms with Gasteiger partial charge in [0, 0.05) is 20.6 Å². The summed E-state index contributed by atoms with van der Waals surface area (Å²) in [5.74, 6) is 0.236. The van der Waals surface area contributed by atoms with E-state index in [2.05, 4.69) is 10.3 Å². The number of carbonyl (C=O) groups is 2. The van der Waals surface area contributed by atoms with Gasteiger partial charge in [-0.05, 0) is 11.6 Å². The molecule has 3 rings (SSSR count). The van der Waals surface area contributed by atoms with E-state index in [1.165, 1.54) is 0 Å². The lowest BCUT2D eigenvalue weighted by molar-refractivity contribution is -0.125. The fraction of sp³-hybridized carbons (Fsp3) is 0.357. The van der Waals surface area contributed by atoms with Crippen molar-refractivity contribution >= 4 is 23.5 Å². The van der Waals surface area contributed by atoms with E-state index in [-0.39, 0.29) is 18.2 Å². The molecule has 1 aromatic carbocycles. The summed E-state index contributed by atoms with van der Waals surface area (Å²) in [6.45, 7) is 0.582. The zero-order valence-electron chi connectivity index (χ0n) is 11.5. The number of rotatable bonds is 1. The SMILES string of the molecule is CN(C)C1=Nc2ccccc2CN1C1CC(=O)NC1=O. The summed E-state index contributed by atoms with van der Waals surface area (Å²) in [5.41, 5.74) is 1.97. The van der Waals surface area contributed by atoms with Crippen molar-refractivity contribution in [1.29, 1.82) is 0 Å². The van der Waals surface area contributed by atoms with Crippen molar-refractivity contribution in [2.24, 2.45) is 4.99 Å². The van der Waals surface area contributed by atoms with Crippen LogP contribution in [0.1, 0.15) is 12.0 Å². The minimum atomic E-state index is -0.475. The van der Waals surface area contributed by atoms with Crippen LogP contribution in [0.5, 0.6) is 0 Å². The lowest BCUT2D eigenvalue weighted by Gasteiger charge is -2.36. The number of imide groups is 1. The van der Waals surface area contributed by atoms with E-state index in [9.17, 15) is 9.59 Å². The molecule has 1 saturated heterocycles. The van der Waals surface area contributed by atoms with Gasteiger partial charge in [0.1, 0.15) is 6.04 Å². The molecule has 2 heterocycles. The highest BCUT2D eigenvalue weighted by Crippen LogP contribution is 2.29. The van der Waals surface area contributed by atoms with Crippen LogP contribution in [0, 0.1) is 0 Å². The third-order valence-electron chi connectivity index (χ3n) is 3.53. The van der Waals surface area contributed by atoms with Gasteiger partial charge in [0.05, 0.1) is 12.1 Å². The maximum absolute atomic E-state index is 11.9. The lowest BCUT2D eigenvalue weighted by Crippen LogP contribution is -2.50. The molecule has 104 valence electrons. The molecule has 6 nitrogen and oxygen atoms in total. The fourth-order valence-electron chi connectivity index (χ4n) is 2.58. The number of hydrogen-bond acceptors (Lipinski definition) is 5. The first-order valence-electron chi connectivity index (χ1n) is 6.50. The second kappa shape index (κ2) is 4.63. The maximum atomic E-state index is 11.9. The number of hydrogen-bond donors (Lipinski definition) is 1. The van der Waals surface area contributed by atoms with Gasteiger partial charge in [-0.3, -0.25) is 14.9 Å². The predicted molar refractivity (Wildman–Crippen MR) is 74.3 cm³/mol. The Labute approximate surface area is 117 Å². The van der Waals surface area contributed by atoms with E-state index in [0.29, 0.717) is 12.5 Å². The van der Waals surface area contributed by atoms with Gasteiger partial charge in [-0.15, -0.1) is 0 Å². The first-order chi connectivity index (χ1) is 9.56. The van der Waals surface area contributed by atoms with Crippen LogP contribution in [0.25, 0.3) is 0 Å². The molecule has 0 aliphatic carbocycles. The molecular weight excluding hydrogens is 256 g/mol. The van der Waals surface area contributed by atoms with Crippen LogP contribution in [0.2, 0.25) is 0 Å². The molecule has 1 aromatic rings. The fourth-order valence-corrected chi connectivity index (χ4v) is 2.58. The lowest BCUT2D eigenvalue weighted by atomic mass is 10.1. The van der Waals surface area contributed by atoms with E-state index in [1.807, 2.05) is 48.2 Å². The number of guanidine groups is 1. The first kappa shape index (κ1) is 12.7. The highest BCUT2D eigenvalue weighted by atomic mass is 16.2. The summed E-state index contributed by atoms with van der Waals surface area (Å²) >= 11 is 0. The Kier molecular flexibility index (Phi) is 2.93.